The first-order valence-corrected chi connectivity index (χ1v) is 16.1. The standard InChI is InChI=1S/C34H33ClF3N3O4S/c1-23-9-13-26(14-10-23)21-40(31(33(43)39-3)19-25-7-5-4-6-8-25)32(42)22-41(46(44,45)28-16-11-24(2)12-17-28)27-15-18-30(35)29(20-27)34(36,37)38/h4-18,20,31H,19,21-22H2,1-3H3,(H,39,43)/t31-/m0/s1. The highest BCUT2D eigenvalue weighted by Gasteiger charge is 2.37. The molecule has 0 saturated carbocycles. The van der Waals surface area contributed by atoms with Crippen molar-refractivity contribution in [3.63, 3.8) is 0 Å². The van der Waals surface area contributed by atoms with Crippen LogP contribution in [0.4, 0.5) is 18.9 Å². The summed E-state index contributed by atoms with van der Waals surface area (Å²) in [5.41, 5.74) is 1.46. The van der Waals surface area contributed by atoms with Gasteiger partial charge in [0.05, 0.1) is 21.2 Å². The van der Waals surface area contributed by atoms with Crippen molar-refractivity contribution >= 4 is 39.1 Å². The lowest BCUT2D eigenvalue weighted by Crippen LogP contribution is -2.53. The molecule has 0 fully saturated rings. The van der Waals surface area contributed by atoms with Crippen LogP contribution in [0.1, 0.15) is 27.8 Å². The second-order valence-corrected chi connectivity index (χ2v) is 13.1. The summed E-state index contributed by atoms with van der Waals surface area (Å²) < 4.78 is 70.4. The summed E-state index contributed by atoms with van der Waals surface area (Å²) in [4.78, 5) is 28.7. The third-order valence-electron chi connectivity index (χ3n) is 7.42. The SMILES string of the molecule is CNC(=O)[C@H](Cc1ccccc1)N(Cc1ccc(C)cc1)C(=O)CN(c1ccc(Cl)c(C(F)(F)F)c1)S(=O)(=O)c1ccc(C)cc1. The van der Waals surface area contributed by atoms with Gasteiger partial charge in [0.1, 0.15) is 12.6 Å². The zero-order valence-corrected chi connectivity index (χ0v) is 27.0. The molecule has 4 aromatic rings. The number of carbonyl (C=O) groups is 2. The van der Waals surface area contributed by atoms with Gasteiger partial charge in [0.15, 0.2) is 0 Å². The minimum Gasteiger partial charge on any atom is -0.357 e. The molecule has 0 bridgehead atoms. The van der Waals surface area contributed by atoms with E-state index >= 15 is 0 Å². The van der Waals surface area contributed by atoms with E-state index in [1.807, 2.05) is 25.1 Å². The van der Waals surface area contributed by atoms with Crippen molar-refractivity contribution in [1.29, 1.82) is 0 Å². The fraction of sp³-hybridized carbons (Fsp3) is 0.235. The van der Waals surface area contributed by atoms with Crippen LogP contribution >= 0.6 is 11.6 Å². The van der Waals surface area contributed by atoms with Crippen LogP contribution in [0.2, 0.25) is 5.02 Å². The van der Waals surface area contributed by atoms with Crippen LogP contribution in [0, 0.1) is 13.8 Å². The summed E-state index contributed by atoms with van der Waals surface area (Å²) in [5, 5.41) is 1.96. The number of hydrogen-bond donors (Lipinski definition) is 1. The molecule has 2 amide bonds. The maximum Gasteiger partial charge on any atom is 0.417 e. The number of nitrogens with one attached hydrogen (secondary N) is 1. The van der Waals surface area contributed by atoms with Gasteiger partial charge in [-0.2, -0.15) is 13.2 Å². The van der Waals surface area contributed by atoms with Crippen molar-refractivity contribution in [3.05, 3.63) is 130 Å². The molecular formula is C34H33ClF3N3O4S. The van der Waals surface area contributed by atoms with Gasteiger partial charge in [-0.15, -0.1) is 0 Å². The molecule has 0 spiro atoms. The van der Waals surface area contributed by atoms with E-state index in [2.05, 4.69) is 5.32 Å². The fourth-order valence-electron chi connectivity index (χ4n) is 4.86. The van der Waals surface area contributed by atoms with Crippen LogP contribution < -0.4 is 9.62 Å². The van der Waals surface area contributed by atoms with E-state index in [1.165, 1.54) is 24.1 Å². The Kier molecular flexibility index (Phi) is 10.8. The number of rotatable bonds is 11. The zero-order valence-electron chi connectivity index (χ0n) is 25.4. The quantitative estimate of drug-likeness (QED) is 0.196. The first kappa shape index (κ1) is 34.5. The number of aryl methyl sites for hydroxylation is 2. The predicted octanol–water partition coefficient (Wildman–Crippen LogP) is 6.56. The van der Waals surface area contributed by atoms with Gasteiger partial charge in [-0.05, 0) is 55.3 Å². The van der Waals surface area contributed by atoms with E-state index in [1.54, 1.807) is 55.5 Å². The average molecular weight is 672 g/mol. The predicted molar refractivity (Wildman–Crippen MR) is 172 cm³/mol. The molecule has 0 aliphatic rings. The number of sulfonamides is 1. The number of likely N-dealkylation sites (N-methyl/N-ethyl adjacent to an activating group) is 1. The van der Waals surface area contributed by atoms with Crippen LogP contribution in [-0.2, 0) is 38.8 Å². The maximum absolute atomic E-state index is 14.3. The summed E-state index contributed by atoms with van der Waals surface area (Å²) in [6.45, 7) is 2.67. The van der Waals surface area contributed by atoms with Crippen molar-refractivity contribution in [2.75, 3.05) is 17.9 Å². The molecule has 1 atom stereocenters. The Morgan fingerprint density at radius 2 is 1.43 bits per heavy atom. The van der Waals surface area contributed by atoms with Gasteiger partial charge in [-0.25, -0.2) is 8.42 Å². The molecule has 4 rings (SSSR count). The number of benzene rings is 4. The molecule has 0 heterocycles. The number of hydrogen-bond acceptors (Lipinski definition) is 4. The first-order chi connectivity index (χ1) is 21.7. The summed E-state index contributed by atoms with van der Waals surface area (Å²) in [5.74, 6) is -1.30. The van der Waals surface area contributed by atoms with Gasteiger partial charge in [0.2, 0.25) is 11.8 Å². The third kappa shape index (κ3) is 8.27. The van der Waals surface area contributed by atoms with E-state index in [9.17, 15) is 31.2 Å². The lowest BCUT2D eigenvalue weighted by Gasteiger charge is -2.33. The van der Waals surface area contributed by atoms with Crippen molar-refractivity contribution in [3.8, 4) is 0 Å². The second-order valence-electron chi connectivity index (χ2n) is 10.8. The van der Waals surface area contributed by atoms with Crippen LogP contribution in [-0.4, -0.2) is 44.8 Å². The highest BCUT2D eigenvalue weighted by atomic mass is 35.5. The lowest BCUT2D eigenvalue weighted by atomic mass is 10.0. The molecule has 0 aromatic heterocycles. The topological polar surface area (TPSA) is 86.8 Å². The molecule has 0 unspecified atom stereocenters. The van der Waals surface area contributed by atoms with Crippen LogP contribution in [0.3, 0.4) is 0 Å². The molecule has 7 nitrogen and oxygen atoms in total. The van der Waals surface area contributed by atoms with Crippen molar-refractivity contribution in [1.82, 2.24) is 10.2 Å². The summed E-state index contributed by atoms with van der Waals surface area (Å²) in [6, 6.07) is 23.5. The second kappa shape index (κ2) is 14.4. The number of alkyl halides is 3. The Hall–Kier alpha value is -4.35. The van der Waals surface area contributed by atoms with Crippen molar-refractivity contribution < 1.29 is 31.2 Å². The molecule has 4 aromatic carbocycles. The Morgan fingerprint density at radius 1 is 0.848 bits per heavy atom. The number of anilines is 1. The fourth-order valence-corrected chi connectivity index (χ4v) is 6.49. The molecule has 0 saturated heterocycles. The molecule has 0 aliphatic heterocycles. The van der Waals surface area contributed by atoms with E-state index in [0.717, 1.165) is 28.8 Å². The Balaban J connectivity index is 1.84. The normalized spacial score (nSPS) is 12.3. The van der Waals surface area contributed by atoms with Gasteiger partial charge in [-0.3, -0.25) is 13.9 Å². The maximum atomic E-state index is 14.3. The third-order valence-corrected chi connectivity index (χ3v) is 9.54. The van der Waals surface area contributed by atoms with Gasteiger partial charge < -0.3 is 10.2 Å². The van der Waals surface area contributed by atoms with Crippen LogP contribution in [0.15, 0.2) is 102 Å². The minimum atomic E-state index is -4.89. The molecule has 12 heteroatoms. The Morgan fingerprint density at radius 3 is 2.00 bits per heavy atom. The number of amides is 2. The van der Waals surface area contributed by atoms with E-state index in [-0.39, 0.29) is 17.9 Å². The number of carbonyl (C=O) groups excluding carboxylic acids is 2. The van der Waals surface area contributed by atoms with Crippen molar-refractivity contribution in [2.45, 2.75) is 43.9 Å². The highest BCUT2D eigenvalue weighted by molar-refractivity contribution is 7.92. The average Bonchev–Trinajstić information content (AvgIpc) is 3.02. The van der Waals surface area contributed by atoms with Crippen LogP contribution in [0.5, 0.6) is 0 Å². The monoisotopic (exact) mass is 671 g/mol. The van der Waals surface area contributed by atoms with Gasteiger partial charge in [0.25, 0.3) is 10.0 Å². The van der Waals surface area contributed by atoms with E-state index in [4.69, 9.17) is 11.6 Å². The number of halogens is 4. The lowest BCUT2D eigenvalue weighted by molar-refractivity contribution is -0.139. The Labute approximate surface area is 271 Å². The van der Waals surface area contributed by atoms with E-state index < -0.39 is 56.9 Å². The molecule has 46 heavy (non-hydrogen) atoms. The summed E-state index contributed by atoms with van der Waals surface area (Å²) >= 11 is 5.85. The smallest absolute Gasteiger partial charge is 0.357 e. The van der Waals surface area contributed by atoms with E-state index in [0.29, 0.717) is 15.9 Å². The molecule has 0 aliphatic carbocycles. The molecule has 242 valence electrons. The highest BCUT2D eigenvalue weighted by Crippen LogP contribution is 2.38. The van der Waals surface area contributed by atoms with Gasteiger partial charge >= 0.3 is 6.18 Å². The van der Waals surface area contributed by atoms with Gasteiger partial charge in [-0.1, -0.05) is 89.5 Å². The number of nitrogens with zero attached hydrogens (tertiary/aromatic N) is 2. The summed E-state index contributed by atoms with van der Waals surface area (Å²) in [6.07, 6.45) is -4.80. The Bertz CT molecular complexity index is 1780. The summed E-state index contributed by atoms with van der Waals surface area (Å²) in [7, 11) is -3.16. The first-order valence-electron chi connectivity index (χ1n) is 14.3. The van der Waals surface area contributed by atoms with Crippen molar-refractivity contribution in [2.24, 2.45) is 0 Å². The molecular weight excluding hydrogens is 639 g/mol. The molecule has 1 N–H and O–H groups in total. The molecule has 0 radical (unpaired) electrons. The minimum absolute atomic E-state index is 0.0725. The van der Waals surface area contributed by atoms with Gasteiger partial charge in [0, 0.05) is 20.0 Å². The largest absolute Gasteiger partial charge is 0.417 e. The zero-order chi connectivity index (χ0) is 33.6. The van der Waals surface area contributed by atoms with Crippen LogP contribution in [0.25, 0.3) is 0 Å².